The Morgan fingerprint density at radius 3 is 2.56 bits per heavy atom. The molecule has 86 valence electrons. The average Bonchev–Trinajstić information content (AvgIpc) is 3.01. The van der Waals surface area contributed by atoms with Gasteiger partial charge >= 0.3 is 0 Å². The highest BCUT2D eigenvalue weighted by Gasteiger charge is 2.41. The number of ether oxygens (including phenoxy) is 2. The van der Waals surface area contributed by atoms with Crippen molar-refractivity contribution >= 4 is 0 Å². The first-order valence-corrected chi connectivity index (χ1v) is 5.78. The fourth-order valence-electron chi connectivity index (χ4n) is 2.14. The Hall–Kier alpha value is -1.22. The third-order valence-corrected chi connectivity index (χ3v) is 3.31. The molecule has 0 bridgehead atoms. The van der Waals surface area contributed by atoms with Gasteiger partial charge in [0.05, 0.1) is 5.60 Å². The summed E-state index contributed by atoms with van der Waals surface area (Å²) in [5.74, 6) is 1.69. The van der Waals surface area contributed by atoms with Crippen LogP contribution in [0, 0.1) is 6.92 Å². The summed E-state index contributed by atoms with van der Waals surface area (Å²) in [6.45, 7) is 3.23. The molecule has 0 aromatic heterocycles. The monoisotopic (exact) mass is 220 g/mol. The Bertz CT molecular complexity index is 421. The molecule has 0 spiro atoms. The molecule has 2 aliphatic rings. The highest BCUT2D eigenvalue weighted by molar-refractivity contribution is 5.52. The minimum absolute atomic E-state index is 0.482. The van der Waals surface area contributed by atoms with Gasteiger partial charge in [-0.3, -0.25) is 0 Å². The van der Waals surface area contributed by atoms with Gasteiger partial charge in [-0.25, -0.2) is 0 Å². The minimum Gasteiger partial charge on any atom is -0.486 e. The lowest BCUT2D eigenvalue weighted by Crippen LogP contribution is -2.19. The van der Waals surface area contributed by atoms with E-state index in [0.29, 0.717) is 19.6 Å². The number of aliphatic hydroxyl groups is 1. The van der Waals surface area contributed by atoms with E-state index in [-0.39, 0.29) is 0 Å². The Morgan fingerprint density at radius 2 is 1.88 bits per heavy atom. The van der Waals surface area contributed by atoms with Gasteiger partial charge in [-0.1, -0.05) is 12.1 Å². The molecule has 0 atom stereocenters. The lowest BCUT2D eigenvalue weighted by molar-refractivity contribution is 0.143. The van der Waals surface area contributed by atoms with Gasteiger partial charge in [0.2, 0.25) is 0 Å². The fraction of sp³-hybridized carbons (Fsp3) is 0.538. The molecule has 1 aliphatic heterocycles. The molecule has 0 saturated heterocycles. The van der Waals surface area contributed by atoms with Gasteiger partial charge < -0.3 is 14.6 Å². The maximum absolute atomic E-state index is 9.96. The third kappa shape index (κ3) is 1.65. The minimum atomic E-state index is -0.482. The third-order valence-electron chi connectivity index (χ3n) is 3.31. The highest BCUT2D eigenvalue weighted by Crippen LogP contribution is 2.44. The largest absolute Gasteiger partial charge is 0.486 e. The van der Waals surface area contributed by atoms with Crippen molar-refractivity contribution in [1.82, 2.24) is 0 Å². The van der Waals surface area contributed by atoms with Crippen LogP contribution in [-0.2, 0) is 6.42 Å². The van der Waals surface area contributed by atoms with Crippen LogP contribution in [0.4, 0.5) is 0 Å². The molecule has 3 nitrogen and oxygen atoms in total. The van der Waals surface area contributed by atoms with Crippen molar-refractivity contribution in [3.63, 3.8) is 0 Å². The zero-order valence-electron chi connectivity index (χ0n) is 9.45. The number of hydrogen-bond donors (Lipinski definition) is 1. The van der Waals surface area contributed by atoms with Crippen molar-refractivity contribution in [2.45, 2.75) is 31.8 Å². The first-order valence-electron chi connectivity index (χ1n) is 5.78. The summed E-state index contributed by atoms with van der Waals surface area (Å²) in [6.07, 6.45) is 2.48. The van der Waals surface area contributed by atoms with Crippen molar-refractivity contribution < 1.29 is 14.6 Å². The molecule has 16 heavy (non-hydrogen) atoms. The van der Waals surface area contributed by atoms with Crippen LogP contribution in [0.15, 0.2) is 12.1 Å². The van der Waals surface area contributed by atoms with Crippen LogP contribution in [0.25, 0.3) is 0 Å². The number of fused-ring (bicyclic) bond motifs is 1. The molecule has 1 N–H and O–H groups in total. The second-order valence-electron chi connectivity index (χ2n) is 4.80. The van der Waals surface area contributed by atoms with E-state index in [9.17, 15) is 5.11 Å². The van der Waals surface area contributed by atoms with Crippen molar-refractivity contribution in [1.29, 1.82) is 0 Å². The van der Waals surface area contributed by atoms with Crippen LogP contribution in [-0.4, -0.2) is 23.9 Å². The van der Waals surface area contributed by atoms with E-state index < -0.39 is 5.60 Å². The standard InChI is InChI=1S/C13H16O3/c1-9-2-3-10(8-13(14)4-5-13)12-11(9)15-6-7-16-12/h2-3,14H,4-8H2,1H3. The molecule has 3 heteroatoms. The van der Waals surface area contributed by atoms with E-state index in [1.165, 1.54) is 0 Å². The van der Waals surface area contributed by atoms with E-state index in [0.717, 1.165) is 35.5 Å². The van der Waals surface area contributed by atoms with E-state index in [4.69, 9.17) is 9.47 Å². The quantitative estimate of drug-likeness (QED) is 0.826. The van der Waals surface area contributed by atoms with Gasteiger partial charge in [-0.15, -0.1) is 0 Å². The van der Waals surface area contributed by atoms with Crippen LogP contribution in [0.2, 0.25) is 0 Å². The molecule has 1 aromatic carbocycles. The summed E-state index contributed by atoms with van der Waals surface area (Å²) in [5.41, 5.74) is 1.69. The molecule has 3 rings (SSSR count). The zero-order valence-corrected chi connectivity index (χ0v) is 9.45. The van der Waals surface area contributed by atoms with Crippen LogP contribution in [0.1, 0.15) is 24.0 Å². The van der Waals surface area contributed by atoms with Gasteiger partial charge in [-0.2, -0.15) is 0 Å². The van der Waals surface area contributed by atoms with E-state index in [1.807, 2.05) is 19.1 Å². The first-order chi connectivity index (χ1) is 7.68. The summed E-state index contributed by atoms with van der Waals surface area (Å²) < 4.78 is 11.3. The molecular weight excluding hydrogens is 204 g/mol. The Kier molecular flexibility index (Phi) is 2.11. The van der Waals surface area contributed by atoms with Gasteiger partial charge in [0.15, 0.2) is 11.5 Å². The normalized spacial score (nSPS) is 20.6. The number of benzene rings is 1. The van der Waals surface area contributed by atoms with Crippen molar-refractivity contribution in [3.8, 4) is 11.5 Å². The summed E-state index contributed by atoms with van der Waals surface area (Å²) >= 11 is 0. The Balaban J connectivity index is 1.98. The van der Waals surface area contributed by atoms with Crippen LogP contribution >= 0.6 is 0 Å². The van der Waals surface area contributed by atoms with Crippen LogP contribution < -0.4 is 9.47 Å². The maximum atomic E-state index is 9.96. The van der Waals surface area contributed by atoms with Crippen molar-refractivity contribution in [2.75, 3.05) is 13.2 Å². The summed E-state index contributed by atoms with van der Waals surface area (Å²) in [6, 6.07) is 4.08. The first kappa shape index (κ1) is 9.97. The highest BCUT2D eigenvalue weighted by atomic mass is 16.6. The van der Waals surface area contributed by atoms with E-state index in [1.54, 1.807) is 0 Å². The molecule has 0 unspecified atom stereocenters. The van der Waals surface area contributed by atoms with Crippen molar-refractivity contribution in [2.24, 2.45) is 0 Å². The smallest absolute Gasteiger partial charge is 0.164 e. The van der Waals surface area contributed by atoms with Gasteiger partial charge in [0.1, 0.15) is 13.2 Å². The van der Waals surface area contributed by atoms with Crippen LogP contribution in [0.5, 0.6) is 11.5 Å². The summed E-state index contributed by atoms with van der Waals surface area (Å²) in [4.78, 5) is 0. The predicted octanol–water partition coefficient (Wildman–Crippen LogP) is 1.83. The number of rotatable bonds is 2. The lowest BCUT2D eigenvalue weighted by Gasteiger charge is -2.23. The zero-order chi connectivity index (χ0) is 11.2. The summed E-state index contributed by atoms with van der Waals surface area (Å²) in [7, 11) is 0. The second kappa shape index (κ2) is 3.39. The van der Waals surface area contributed by atoms with Crippen LogP contribution in [0.3, 0.4) is 0 Å². The Labute approximate surface area is 95.0 Å². The maximum Gasteiger partial charge on any atom is 0.164 e. The van der Waals surface area contributed by atoms with E-state index in [2.05, 4.69) is 0 Å². The van der Waals surface area contributed by atoms with Crippen molar-refractivity contribution in [3.05, 3.63) is 23.3 Å². The molecular formula is C13H16O3. The van der Waals surface area contributed by atoms with E-state index >= 15 is 0 Å². The molecule has 1 fully saturated rings. The fourth-order valence-corrected chi connectivity index (χ4v) is 2.14. The molecule has 1 heterocycles. The average molecular weight is 220 g/mol. The lowest BCUT2D eigenvalue weighted by atomic mass is 10.0. The second-order valence-corrected chi connectivity index (χ2v) is 4.80. The SMILES string of the molecule is Cc1ccc(CC2(O)CC2)c2c1OCCO2. The molecule has 1 saturated carbocycles. The molecule has 0 radical (unpaired) electrons. The predicted molar refractivity (Wildman–Crippen MR) is 60.1 cm³/mol. The topological polar surface area (TPSA) is 38.7 Å². The summed E-state index contributed by atoms with van der Waals surface area (Å²) in [5, 5.41) is 9.96. The van der Waals surface area contributed by atoms with Gasteiger partial charge in [0, 0.05) is 12.0 Å². The molecule has 1 aromatic rings. The number of hydrogen-bond acceptors (Lipinski definition) is 3. The molecule has 1 aliphatic carbocycles. The molecule has 0 amide bonds. The number of aryl methyl sites for hydroxylation is 1. The van der Waals surface area contributed by atoms with Gasteiger partial charge in [-0.05, 0) is 25.3 Å². The Morgan fingerprint density at radius 1 is 1.19 bits per heavy atom. The van der Waals surface area contributed by atoms with Gasteiger partial charge in [0.25, 0.3) is 0 Å².